The number of hydrogen-bond donors (Lipinski definition) is 2. The largest absolute Gasteiger partial charge is 0.350 e. The number of hydrogen-bond acceptors (Lipinski definition) is 2. The van der Waals surface area contributed by atoms with Crippen LogP contribution in [0, 0.1) is 0 Å². The third kappa shape index (κ3) is 1.26. The average molecular weight is 194 g/mol. The number of fused-ring (bicyclic) bond motifs is 1. The first kappa shape index (κ1) is 8.49. The van der Waals surface area contributed by atoms with E-state index in [9.17, 15) is 9.28 Å². The molecule has 14 heavy (non-hydrogen) atoms. The Bertz CT molecular complexity index is 448. The summed E-state index contributed by atoms with van der Waals surface area (Å²) < 4.78 is 13.0. The molecule has 0 radical (unpaired) electrons. The first-order valence-electron chi connectivity index (χ1n) is 3.88. The van der Waals surface area contributed by atoms with Crippen molar-refractivity contribution >= 4 is 23.0 Å². The predicted molar refractivity (Wildman–Crippen MR) is 49.3 cm³/mol. The van der Waals surface area contributed by atoms with Crippen LogP contribution in [-0.2, 0) is 0 Å². The second-order valence-electron chi connectivity index (χ2n) is 2.70. The molecular weight excluding hydrogens is 187 g/mol. The summed E-state index contributed by atoms with van der Waals surface area (Å²) >= 11 is 0. The number of halogens is 1. The smallest absolute Gasteiger partial charge is 0.349 e. The molecule has 0 aliphatic heterocycles. The van der Waals surface area contributed by atoms with Crippen LogP contribution >= 0.6 is 0 Å². The average Bonchev–Trinajstić information content (AvgIpc) is 2.59. The number of carbonyl (C=O) groups excluding carboxylic acids is 1. The third-order valence-corrected chi connectivity index (χ3v) is 1.76. The van der Waals surface area contributed by atoms with Gasteiger partial charge in [-0.05, 0) is 12.1 Å². The summed E-state index contributed by atoms with van der Waals surface area (Å²) in [6.45, 7) is 0. The SMILES string of the molecule is NC(=O)N(F)c1nc2ccccc2[nH]1. The molecule has 0 aliphatic carbocycles. The van der Waals surface area contributed by atoms with Gasteiger partial charge in [-0.25, -0.2) is 9.78 Å². The van der Waals surface area contributed by atoms with Crippen molar-refractivity contribution < 1.29 is 9.28 Å². The van der Waals surface area contributed by atoms with Gasteiger partial charge in [-0.1, -0.05) is 21.7 Å². The highest BCUT2D eigenvalue weighted by atomic mass is 19.2. The highest BCUT2D eigenvalue weighted by Crippen LogP contribution is 2.16. The first-order chi connectivity index (χ1) is 6.68. The molecule has 3 N–H and O–H groups in total. The lowest BCUT2D eigenvalue weighted by atomic mass is 10.3. The molecule has 0 bridgehead atoms. The van der Waals surface area contributed by atoms with Gasteiger partial charge in [-0.2, -0.15) is 0 Å². The van der Waals surface area contributed by atoms with Gasteiger partial charge in [-0.15, -0.1) is 0 Å². The van der Waals surface area contributed by atoms with E-state index in [1.54, 1.807) is 24.3 Å². The van der Waals surface area contributed by atoms with Crippen LogP contribution in [0.4, 0.5) is 15.2 Å². The monoisotopic (exact) mass is 194 g/mol. The molecule has 2 amide bonds. The number of carbonyl (C=O) groups is 1. The van der Waals surface area contributed by atoms with Gasteiger partial charge in [0.1, 0.15) is 0 Å². The quantitative estimate of drug-likeness (QED) is 0.672. The molecule has 2 rings (SSSR count). The van der Waals surface area contributed by atoms with Crippen LogP contribution in [0.3, 0.4) is 0 Å². The van der Waals surface area contributed by atoms with Gasteiger partial charge < -0.3 is 10.7 Å². The van der Waals surface area contributed by atoms with E-state index in [-0.39, 0.29) is 11.1 Å². The predicted octanol–water partition coefficient (Wildman–Crippen LogP) is 1.33. The van der Waals surface area contributed by atoms with Gasteiger partial charge in [0.2, 0.25) is 5.95 Å². The summed E-state index contributed by atoms with van der Waals surface area (Å²) in [6, 6.07) is 5.76. The summed E-state index contributed by atoms with van der Waals surface area (Å²) in [5, 5.41) is -0.236. The Morgan fingerprint density at radius 2 is 2.21 bits per heavy atom. The lowest BCUT2D eigenvalue weighted by molar-refractivity contribution is 0.241. The number of imidazole rings is 1. The van der Waals surface area contributed by atoms with Crippen LogP contribution in [0.2, 0.25) is 0 Å². The number of urea groups is 1. The molecule has 0 aliphatic rings. The topological polar surface area (TPSA) is 75.0 Å². The molecule has 5 nitrogen and oxygen atoms in total. The molecule has 72 valence electrons. The number of nitrogens with zero attached hydrogens (tertiary/aromatic N) is 2. The molecule has 1 aromatic carbocycles. The van der Waals surface area contributed by atoms with E-state index >= 15 is 0 Å². The summed E-state index contributed by atoms with van der Waals surface area (Å²) in [5.74, 6) is -0.210. The van der Waals surface area contributed by atoms with Crippen molar-refractivity contribution in [2.24, 2.45) is 5.73 Å². The van der Waals surface area contributed by atoms with Crippen molar-refractivity contribution in [2.75, 3.05) is 5.12 Å². The van der Waals surface area contributed by atoms with Crippen LogP contribution in [-0.4, -0.2) is 16.0 Å². The summed E-state index contributed by atoms with van der Waals surface area (Å²) in [7, 11) is 0. The van der Waals surface area contributed by atoms with E-state index in [0.29, 0.717) is 11.0 Å². The Morgan fingerprint density at radius 1 is 1.50 bits per heavy atom. The van der Waals surface area contributed by atoms with Crippen molar-refractivity contribution in [3.8, 4) is 0 Å². The van der Waals surface area contributed by atoms with Crippen LogP contribution in [0.1, 0.15) is 0 Å². The molecule has 0 saturated carbocycles. The van der Waals surface area contributed by atoms with Crippen LogP contribution in [0.15, 0.2) is 24.3 Å². The first-order valence-corrected chi connectivity index (χ1v) is 3.88. The minimum Gasteiger partial charge on any atom is -0.349 e. The number of amides is 2. The standard InChI is InChI=1S/C8H7FN4O/c9-13(7(10)14)8-11-5-3-1-2-4-6(5)12-8/h1-4H,(H2,10,14)(H,11,12). The number of H-pyrrole nitrogens is 1. The Hall–Kier alpha value is -2.11. The van der Waals surface area contributed by atoms with E-state index < -0.39 is 6.03 Å². The fraction of sp³-hybridized carbons (Fsp3) is 0. The Labute approximate surface area is 78.3 Å². The number of rotatable bonds is 1. The van der Waals surface area contributed by atoms with E-state index in [1.807, 2.05) is 0 Å². The zero-order valence-electron chi connectivity index (χ0n) is 7.07. The molecular formula is C8H7FN4O. The lowest BCUT2D eigenvalue weighted by Crippen LogP contribution is -2.28. The minimum atomic E-state index is -1.20. The van der Waals surface area contributed by atoms with Crippen LogP contribution in [0.5, 0.6) is 0 Å². The maximum atomic E-state index is 13.0. The molecule has 0 atom stereocenters. The van der Waals surface area contributed by atoms with E-state index in [2.05, 4.69) is 9.97 Å². The van der Waals surface area contributed by atoms with Gasteiger partial charge in [0.05, 0.1) is 11.0 Å². The number of aromatic nitrogens is 2. The molecule has 6 heteroatoms. The van der Waals surface area contributed by atoms with E-state index in [1.165, 1.54) is 0 Å². The van der Waals surface area contributed by atoms with Crippen molar-refractivity contribution in [1.29, 1.82) is 0 Å². The Morgan fingerprint density at radius 3 is 2.86 bits per heavy atom. The number of nitrogens with two attached hydrogens (primary N) is 1. The molecule has 2 aromatic rings. The molecule has 1 heterocycles. The summed E-state index contributed by atoms with van der Waals surface area (Å²) in [5.41, 5.74) is 5.96. The zero-order chi connectivity index (χ0) is 10.1. The molecule has 0 spiro atoms. The highest BCUT2D eigenvalue weighted by Gasteiger charge is 2.15. The number of anilines is 1. The van der Waals surface area contributed by atoms with Gasteiger partial charge in [0, 0.05) is 0 Å². The van der Waals surface area contributed by atoms with Gasteiger partial charge in [-0.3, -0.25) is 0 Å². The van der Waals surface area contributed by atoms with E-state index in [0.717, 1.165) is 0 Å². The number of nitrogens with one attached hydrogen (secondary N) is 1. The van der Waals surface area contributed by atoms with Gasteiger partial charge in [0.25, 0.3) is 0 Å². The van der Waals surface area contributed by atoms with Gasteiger partial charge in [0.15, 0.2) is 0 Å². The number of aromatic amines is 1. The molecule has 0 saturated heterocycles. The molecule has 0 fully saturated rings. The summed E-state index contributed by atoms with van der Waals surface area (Å²) in [6.07, 6.45) is 0. The fourth-order valence-corrected chi connectivity index (χ4v) is 1.14. The van der Waals surface area contributed by atoms with Crippen molar-refractivity contribution in [3.05, 3.63) is 24.3 Å². The van der Waals surface area contributed by atoms with Crippen molar-refractivity contribution in [2.45, 2.75) is 0 Å². The maximum absolute atomic E-state index is 13.0. The minimum absolute atomic E-state index is 0.210. The zero-order valence-corrected chi connectivity index (χ0v) is 7.07. The number of benzene rings is 1. The van der Waals surface area contributed by atoms with Crippen molar-refractivity contribution in [3.63, 3.8) is 0 Å². The second-order valence-corrected chi connectivity index (χ2v) is 2.70. The Balaban J connectivity index is 2.50. The maximum Gasteiger partial charge on any atom is 0.350 e. The normalized spacial score (nSPS) is 10.4. The lowest BCUT2D eigenvalue weighted by Gasteiger charge is -2.02. The second kappa shape index (κ2) is 2.99. The van der Waals surface area contributed by atoms with Crippen LogP contribution in [0.25, 0.3) is 11.0 Å². The molecule has 1 aromatic heterocycles. The fourth-order valence-electron chi connectivity index (χ4n) is 1.14. The van der Waals surface area contributed by atoms with Gasteiger partial charge >= 0.3 is 6.03 Å². The number of para-hydroxylation sites is 2. The Kier molecular flexibility index (Phi) is 1.81. The van der Waals surface area contributed by atoms with Crippen LogP contribution < -0.4 is 10.9 Å². The number of primary amides is 1. The summed E-state index contributed by atoms with van der Waals surface area (Å²) in [4.78, 5) is 16.9. The van der Waals surface area contributed by atoms with Crippen molar-refractivity contribution in [1.82, 2.24) is 9.97 Å². The van der Waals surface area contributed by atoms with E-state index in [4.69, 9.17) is 5.73 Å². The highest BCUT2D eigenvalue weighted by molar-refractivity contribution is 5.88. The third-order valence-electron chi connectivity index (χ3n) is 1.76. The molecule has 0 unspecified atom stereocenters.